The van der Waals surface area contributed by atoms with Gasteiger partial charge in [-0.2, -0.15) is 0 Å². The van der Waals surface area contributed by atoms with Crippen LogP contribution in [0.4, 0.5) is 4.79 Å². The number of amides is 1. The molecule has 0 radical (unpaired) electrons. The van der Waals surface area contributed by atoms with Crippen molar-refractivity contribution >= 4 is 12.1 Å². The zero-order chi connectivity index (χ0) is 11.0. The molecule has 0 fully saturated rings. The number of carbonyl (C=O) groups is 2. The minimum Gasteiger partial charge on any atom is -0.465 e. The van der Waals surface area contributed by atoms with E-state index in [1.54, 1.807) is 6.92 Å². The van der Waals surface area contributed by atoms with E-state index in [4.69, 9.17) is 4.74 Å². The number of hydrogen-bond donors (Lipinski definition) is 0. The standard InChI is InChI=1S/C9H17NO4/c1-4-6-10(9(12)13-3)7-8(11)14-5-2/h4-7H2,1-3H3. The second kappa shape index (κ2) is 7.17. The molecule has 14 heavy (non-hydrogen) atoms. The fourth-order valence-corrected chi connectivity index (χ4v) is 0.996. The molecule has 0 aromatic carbocycles. The summed E-state index contributed by atoms with van der Waals surface area (Å²) in [6.45, 7) is 4.40. The van der Waals surface area contributed by atoms with Crippen molar-refractivity contribution in [3.63, 3.8) is 0 Å². The molecule has 1 amide bonds. The Hall–Kier alpha value is -1.26. The van der Waals surface area contributed by atoms with Crippen LogP contribution >= 0.6 is 0 Å². The highest BCUT2D eigenvalue weighted by molar-refractivity contribution is 5.77. The predicted octanol–water partition coefficient (Wildman–Crippen LogP) is 1.03. The molecule has 0 bridgehead atoms. The van der Waals surface area contributed by atoms with Crippen LogP contribution in [-0.2, 0) is 14.3 Å². The summed E-state index contributed by atoms with van der Waals surface area (Å²) in [6.07, 6.45) is 0.272. The van der Waals surface area contributed by atoms with Gasteiger partial charge in [0.2, 0.25) is 0 Å². The molecule has 0 saturated carbocycles. The minimum atomic E-state index is -0.500. The highest BCUT2D eigenvalue weighted by atomic mass is 16.5. The van der Waals surface area contributed by atoms with Crippen molar-refractivity contribution in [3.8, 4) is 0 Å². The Labute approximate surface area is 84.0 Å². The van der Waals surface area contributed by atoms with E-state index >= 15 is 0 Å². The first-order valence-corrected chi connectivity index (χ1v) is 4.64. The monoisotopic (exact) mass is 203 g/mol. The Morgan fingerprint density at radius 2 is 1.93 bits per heavy atom. The molecule has 0 aromatic heterocycles. The number of carbonyl (C=O) groups excluding carboxylic acids is 2. The lowest BCUT2D eigenvalue weighted by Gasteiger charge is -2.18. The largest absolute Gasteiger partial charge is 0.465 e. The van der Waals surface area contributed by atoms with Crippen molar-refractivity contribution in [3.05, 3.63) is 0 Å². The van der Waals surface area contributed by atoms with Crippen LogP contribution in [0.5, 0.6) is 0 Å². The molecule has 5 nitrogen and oxygen atoms in total. The van der Waals surface area contributed by atoms with Gasteiger partial charge in [-0.15, -0.1) is 0 Å². The summed E-state index contributed by atoms with van der Waals surface area (Å²) in [7, 11) is 1.29. The lowest BCUT2D eigenvalue weighted by Crippen LogP contribution is -2.36. The summed E-state index contributed by atoms with van der Waals surface area (Å²) in [5.74, 6) is -0.411. The van der Waals surface area contributed by atoms with Crippen molar-refractivity contribution in [2.24, 2.45) is 0 Å². The number of nitrogens with zero attached hydrogens (tertiary/aromatic N) is 1. The van der Waals surface area contributed by atoms with Gasteiger partial charge in [0.1, 0.15) is 6.54 Å². The molecule has 82 valence electrons. The van der Waals surface area contributed by atoms with E-state index in [0.717, 1.165) is 6.42 Å². The number of esters is 1. The summed E-state index contributed by atoms with van der Waals surface area (Å²) in [4.78, 5) is 23.5. The van der Waals surface area contributed by atoms with Crippen LogP contribution in [0.1, 0.15) is 20.3 Å². The molecule has 0 N–H and O–H groups in total. The fourth-order valence-electron chi connectivity index (χ4n) is 0.996. The summed E-state index contributed by atoms with van der Waals surface area (Å²) in [5.41, 5.74) is 0. The highest BCUT2D eigenvalue weighted by Gasteiger charge is 2.16. The Morgan fingerprint density at radius 1 is 1.29 bits per heavy atom. The van der Waals surface area contributed by atoms with Gasteiger partial charge in [-0.25, -0.2) is 4.79 Å². The first-order valence-electron chi connectivity index (χ1n) is 4.64. The average molecular weight is 203 g/mol. The summed E-state index contributed by atoms with van der Waals surface area (Å²) >= 11 is 0. The molecular formula is C9H17NO4. The molecule has 5 heteroatoms. The lowest BCUT2D eigenvalue weighted by atomic mass is 10.4. The third-order valence-corrected chi connectivity index (χ3v) is 1.55. The maximum absolute atomic E-state index is 11.1. The summed E-state index contributed by atoms with van der Waals surface area (Å²) < 4.78 is 9.25. The molecule has 0 aromatic rings. The van der Waals surface area contributed by atoms with E-state index in [1.165, 1.54) is 12.0 Å². The van der Waals surface area contributed by atoms with Crippen LogP contribution < -0.4 is 0 Å². The Morgan fingerprint density at radius 3 is 2.36 bits per heavy atom. The molecule has 0 atom stereocenters. The first-order chi connectivity index (χ1) is 6.65. The predicted molar refractivity (Wildman–Crippen MR) is 50.9 cm³/mol. The zero-order valence-corrected chi connectivity index (χ0v) is 8.91. The van der Waals surface area contributed by atoms with E-state index in [0.29, 0.717) is 13.2 Å². The van der Waals surface area contributed by atoms with Gasteiger partial charge in [0.25, 0.3) is 0 Å². The number of hydrogen-bond acceptors (Lipinski definition) is 4. The fraction of sp³-hybridized carbons (Fsp3) is 0.778. The smallest absolute Gasteiger partial charge is 0.410 e. The maximum atomic E-state index is 11.1. The number of rotatable bonds is 5. The second-order valence-corrected chi connectivity index (χ2v) is 2.70. The maximum Gasteiger partial charge on any atom is 0.410 e. The van der Waals surface area contributed by atoms with Gasteiger partial charge in [0.05, 0.1) is 13.7 Å². The van der Waals surface area contributed by atoms with Crippen molar-refractivity contribution < 1.29 is 19.1 Å². The quantitative estimate of drug-likeness (QED) is 0.626. The van der Waals surface area contributed by atoms with E-state index in [-0.39, 0.29) is 6.54 Å². The molecule has 0 unspecified atom stereocenters. The van der Waals surface area contributed by atoms with Crippen LogP contribution in [0.15, 0.2) is 0 Å². The van der Waals surface area contributed by atoms with E-state index in [9.17, 15) is 9.59 Å². The lowest BCUT2D eigenvalue weighted by molar-refractivity contribution is -0.144. The Bertz CT molecular complexity index is 193. The normalized spacial score (nSPS) is 9.36. The van der Waals surface area contributed by atoms with E-state index in [1.807, 2.05) is 6.92 Å². The number of ether oxygens (including phenoxy) is 2. The number of methoxy groups -OCH3 is 1. The molecule has 0 aliphatic carbocycles. The van der Waals surface area contributed by atoms with Crippen LogP contribution in [0.25, 0.3) is 0 Å². The first kappa shape index (κ1) is 12.7. The molecule has 0 spiro atoms. The molecule has 0 heterocycles. The topological polar surface area (TPSA) is 55.8 Å². The third-order valence-electron chi connectivity index (χ3n) is 1.55. The molecule has 0 saturated heterocycles. The van der Waals surface area contributed by atoms with Crippen LogP contribution in [0.2, 0.25) is 0 Å². The molecule has 0 aliphatic heterocycles. The Balaban J connectivity index is 4.08. The van der Waals surface area contributed by atoms with Crippen molar-refractivity contribution in [1.82, 2.24) is 4.90 Å². The average Bonchev–Trinajstić information content (AvgIpc) is 2.16. The van der Waals surface area contributed by atoms with Gasteiger partial charge >= 0.3 is 12.1 Å². The van der Waals surface area contributed by atoms with Crippen LogP contribution in [0, 0.1) is 0 Å². The minimum absolute atomic E-state index is 0.0473. The molecule has 0 rings (SSSR count). The van der Waals surface area contributed by atoms with Gasteiger partial charge in [-0.3, -0.25) is 9.69 Å². The zero-order valence-electron chi connectivity index (χ0n) is 8.91. The van der Waals surface area contributed by atoms with E-state index < -0.39 is 12.1 Å². The summed E-state index contributed by atoms with van der Waals surface area (Å²) in [5, 5.41) is 0. The molecule has 0 aliphatic rings. The van der Waals surface area contributed by atoms with Crippen molar-refractivity contribution in [1.29, 1.82) is 0 Å². The third kappa shape index (κ3) is 4.69. The van der Waals surface area contributed by atoms with Gasteiger partial charge < -0.3 is 9.47 Å². The van der Waals surface area contributed by atoms with Gasteiger partial charge in [-0.05, 0) is 13.3 Å². The van der Waals surface area contributed by atoms with Crippen molar-refractivity contribution in [2.75, 3.05) is 26.8 Å². The van der Waals surface area contributed by atoms with Gasteiger partial charge in [-0.1, -0.05) is 6.92 Å². The van der Waals surface area contributed by atoms with Crippen LogP contribution in [0.3, 0.4) is 0 Å². The second-order valence-electron chi connectivity index (χ2n) is 2.70. The van der Waals surface area contributed by atoms with Crippen molar-refractivity contribution in [2.45, 2.75) is 20.3 Å². The van der Waals surface area contributed by atoms with Crippen LogP contribution in [-0.4, -0.2) is 43.8 Å². The van der Waals surface area contributed by atoms with Gasteiger partial charge in [0.15, 0.2) is 0 Å². The highest BCUT2D eigenvalue weighted by Crippen LogP contribution is 1.96. The SMILES string of the molecule is CCCN(CC(=O)OCC)C(=O)OC. The summed E-state index contributed by atoms with van der Waals surface area (Å²) in [6, 6.07) is 0. The Kier molecular flexibility index (Phi) is 6.53. The van der Waals surface area contributed by atoms with Gasteiger partial charge in [0, 0.05) is 6.54 Å². The molecular weight excluding hydrogens is 186 g/mol. The van der Waals surface area contributed by atoms with E-state index in [2.05, 4.69) is 4.74 Å².